The van der Waals surface area contributed by atoms with Crippen LogP contribution < -0.4 is 24.3 Å². The zero-order valence-electron chi connectivity index (χ0n) is 17.8. The number of piperazine rings is 1. The van der Waals surface area contributed by atoms with Gasteiger partial charge in [0.25, 0.3) is 0 Å². The third kappa shape index (κ3) is 4.68. The molecule has 0 saturated carbocycles. The van der Waals surface area contributed by atoms with Gasteiger partial charge in [-0.2, -0.15) is 0 Å². The number of pyridine rings is 1. The molecule has 0 spiro atoms. The summed E-state index contributed by atoms with van der Waals surface area (Å²) in [7, 11) is 6.34. The second-order valence-corrected chi connectivity index (χ2v) is 6.75. The maximum absolute atomic E-state index is 12.6. The molecule has 0 radical (unpaired) electrons. The van der Waals surface area contributed by atoms with Gasteiger partial charge < -0.3 is 29.2 Å². The van der Waals surface area contributed by atoms with E-state index in [1.54, 1.807) is 44.6 Å². The molecule has 9 nitrogen and oxygen atoms in total. The number of ether oxygens (including phenoxy) is 4. The first-order valence-electron chi connectivity index (χ1n) is 9.66. The van der Waals surface area contributed by atoms with Crippen LogP contribution in [0.15, 0.2) is 30.5 Å². The second kappa shape index (κ2) is 10.0. The maximum Gasteiger partial charge on any atom is 0.322 e. The minimum Gasteiger partial charge on any atom is -0.493 e. The Morgan fingerprint density at radius 3 is 2.33 bits per heavy atom. The summed E-state index contributed by atoms with van der Waals surface area (Å²) in [6, 6.07) is 7.22. The fourth-order valence-corrected chi connectivity index (χ4v) is 3.48. The number of methoxy groups -OCH3 is 4. The van der Waals surface area contributed by atoms with Crippen LogP contribution in [0, 0.1) is 0 Å². The summed E-state index contributed by atoms with van der Waals surface area (Å²) in [4.78, 5) is 20.8. The molecule has 162 valence electrons. The van der Waals surface area contributed by atoms with Crippen LogP contribution in [0.3, 0.4) is 0 Å². The predicted octanol–water partition coefficient (Wildman–Crippen LogP) is 2.47. The Morgan fingerprint density at radius 1 is 0.967 bits per heavy atom. The number of hydrogen-bond donors (Lipinski definition) is 1. The molecule has 0 atom stereocenters. The van der Waals surface area contributed by atoms with E-state index >= 15 is 0 Å². The molecule has 1 aliphatic heterocycles. The van der Waals surface area contributed by atoms with Crippen LogP contribution >= 0.6 is 0 Å². The van der Waals surface area contributed by atoms with Crippen LogP contribution in [-0.4, -0.2) is 75.4 Å². The first-order valence-corrected chi connectivity index (χ1v) is 9.66. The molecule has 1 aromatic heterocycles. The van der Waals surface area contributed by atoms with Crippen molar-refractivity contribution >= 4 is 11.7 Å². The third-order valence-corrected chi connectivity index (χ3v) is 5.05. The Hall–Kier alpha value is -3.20. The number of urea groups is 1. The van der Waals surface area contributed by atoms with Crippen LogP contribution in [0.2, 0.25) is 0 Å². The summed E-state index contributed by atoms with van der Waals surface area (Å²) in [6.07, 6.45) is 1.62. The molecule has 30 heavy (non-hydrogen) atoms. The Labute approximate surface area is 176 Å². The largest absolute Gasteiger partial charge is 0.493 e. The molecule has 1 N–H and O–H groups in total. The highest BCUT2D eigenvalue weighted by Gasteiger charge is 2.24. The topological polar surface area (TPSA) is 85.4 Å². The van der Waals surface area contributed by atoms with Crippen LogP contribution in [0.4, 0.5) is 10.5 Å². The van der Waals surface area contributed by atoms with Gasteiger partial charge in [0.2, 0.25) is 11.6 Å². The number of nitrogens with zero attached hydrogens (tertiary/aromatic N) is 3. The van der Waals surface area contributed by atoms with Gasteiger partial charge in [-0.25, -0.2) is 9.78 Å². The van der Waals surface area contributed by atoms with Crippen LogP contribution in [0.1, 0.15) is 5.56 Å². The third-order valence-electron chi connectivity index (χ3n) is 5.05. The lowest BCUT2D eigenvalue weighted by Gasteiger charge is -2.35. The van der Waals surface area contributed by atoms with Crippen LogP contribution in [-0.2, 0) is 6.54 Å². The highest BCUT2D eigenvalue weighted by molar-refractivity contribution is 5.90. The van der Waals surface area contributed by atoms with Gasteiger partial charge in [0, 0.05) is 44.5 Å². The number of rotatable bonds is 7. The van der Waals surface area contributed by atoms with Gasteiger partial charge in [-0.15, -0.1) is 0 Å². The van der Waals surface area contributed by atoms with E-state index in [1.165, 1.54) is 7.11 Å². The summed E-state index contributed by atoms with van der Waals surface area (Å²) in [5.74, 6) is 2.28. The number of hydrogen-bond acceptors (Lipinski definition) is 7. The Morgan fingerprint density at radius 2 is 1.70 bits per heavy atom. The number of carbonyl (C=O) groups is 1. The predicted molar refractivity (Wildman–Crippen MR) is 113 cm³/mol. The molecule has 1 fully saturated rings. The van der Waals surface area contributed by atoms with Gasteiger partial charge >= 0.3 is 6.03 Å². The van der Waals surface area contributed by atoms with Gasteiger partial charge in [0.15, 0.2) is 11.5 Å². The molecule has 1 saturated heterocycles. The van der Waals surface area contributed by atoms with Crippen molar-refractivity contribution in [1.82, 2.24) is 14.8 Å². The van der Waals surface area contributed by atoms with E-state index < -0.39 is 0 Å². The van der Waals surface area contributed by atoms with Gasteiger partial charge in [0.1, 0.15) is 5.69 Å². The van der Waals surface area contributed by atoms with E-state index in [-0.39, 0.29) is 6.03 Å². The standard InChI is InChI=1S/C21H28N4O5/c1-27-17-8-7-15(18(28-2)19(17)29-3)14-24-10-12-25(13-11-24)21(26)23-16-6-5-9-22-20(16)30-4/h5-9H,10-14H2,1-4H3,(H,23,26). The molecule has 3 rings (SSSR count). The average Bonchev–Trinajstić information content (AvgIpc) is 2.79. The zero-order chi connectivity index (χ0) is 21.5. The summed E-state index contributed by atoms with van der Waals surface area (Å²) in [5, 5.41) is 2.87. The number of anilines is 1. The van der Waals surface area contributed by atoms with Gasteiger partial charge in [-0.3, -0.25) is 4.90 Å². The normalized spacial score (nSPS) is 14.2. The lowest BCUT2D eigenvalue weighted by molar-refractivity contribution is 0.142. The molecule has 2 aromatic rings. The van der Waals surface area contributed by atoms with E-state index in [9.17, 15) is 4.79 Å². The van der Waals surface area contributed by atoms with Crippen molar-refractivity contribution in [3.63, 3.8) is 0 Å². The second-order valence-electron chi connectivity index (χ2n) is 6.75. The van der Waals surface area contributed by atoms with Crippen molar-refractivity contribution in [2.75, 3.05) is 59.9 Å². The smallest absolute Gasteiger partial charge is 0.322 e. The molecule has 2 heterocycles. The molecule has 9 heteroatoms. The molecule has 0 bridgehead atoms. The van der Waals surface area contributed by atoms with E-state index in [1.807, 2.05) is 12.1 Å². The van der Waals surface area contributed by atoms with Crippen molar-refractivity contribution in [3.8, 4) is 23.1 Å². The molecule has 0 unspecified atom stereocenters. The van der Waals surface area contributed by atoms with E-state index in [4.69, 9.17) is 18.9 Å². The molecular formula is C21H28N4O5. The van der Waals surface area contributed by atoms with Gasteiger partial charge in [0.05, 0.1) is 28.4 Å². The minimum atomic E-state index is -0.162. The summed E-state index contributed by atoms with van der Waals surface area (Å²) < 4.78 is 21.6. The maximum atomic E-state index is 12.6. The highest BCUT2D eigenvalue weighted by atomic mass is 16.5. The van der Waals surface area contributed by atoms with Crippen molar-refractivity contribution < 1.29 is 23.7 Å². The number of benzene rings is 1. The Kier molecular flexibility index (Phi) is 7.18. The van der Waals surface area contributed by atoms with Crippen molar-refractivity contribution in [2.45, 2.75) is 6.54 Å². The molecular weight excluding hydrogens is 388 g/mol. The van der Waals surface area contributed by atoms with E-state index in [2.05, 4.69) is 15.2 Å². The van der Waals surface area contributed by atoms with Crippen LogP contribution in [0.25, 0.3) is 0 Å². The SMILES string of the molecule is COc1ccc(CN2CCN(C(=O)Nc3cccnc3OC)CC2)c(OC)c1OC. The van der Waals surface area contributed by atoms with E-state index in [0.717, 1.165) is 18.7 Å². The van der Waals surface area contributed by atoms with Crippen molar-refractivity contribution in [1.29, 1.82) is 0 Å². The van der Waals surface area contributed by atoms with Gasteiger partial charge in [-0.05, 0) is 18.2 Å². The summed E-state index contributed by atoms with van der Waals surface area (Å²) >= 11 is 0. The monoisotopic (exact) mass is 416 g/mol. The fourth-order valence-electron chi connectivity index (χ4n) is 3.48. The quantitative estimate of drug-likeness (QED) is 0.742. The zero-order valence-corrected chi connectivity index (χ0v) is 17.8. The Balaban J connectivity index is 1.60. The highest BCUT2D eigenvalue weighted by Crippen LogP contribution is 2.40. The number of aromatic nitrogens is 1. The average molecular weight is 416 g/mol. The number of carbonyl (C=O) groups excluding carboxylic acids is 1. The molecule has 0 aliphatic carbocycles. The Bertz CT molecular complexity index is 868. The lowest BCUT2D eigenvalue weighted by atomic mass is 10.1. The van der Waals surface area contributed by atoms with Crippen LogP contribution in [0.5, 0.6) is 23.1 Å². The summed E-state index contributed by atoms with van der Waals surface area (Å²) in [6.45, 7) is 3.41. The first kappa shape index (κ1) is 21.5. The minimum absolute atomic E-state index is 0.162. The summed E-state index contributed by atoms with van der Waals surface area (Å²) in [5.41, 5.74) is 1.57. The van der Waals surface area contributed by atoms with Crippen molar-refractivity contribution in [2.24, 2.45) is 0 Å². The molecule has 1 aromatic carbocycles. The van der Waals surface area contributed by atoms with E-state index in [0.29, 0.717) is 48.5 Å². The van der Waals surface area contributed by atoms with Gasteiger partial charge in [-0.1, -0.05) is 6.07 Å². The fraction of sp³-hybridized carbons (Fsp3) is 0.429. The first-order chi connectivity index (χ1) is 14.6. The molecule has 2 amide bonds. The van der Waals surface area contributed by atoms with Crippen molar-refractivity contribution in [3.05, 3.63) is 36.0 Å². The lowest BCUT2D eigenvalue weighted by Crippen LogP contribution is -2.49. The molecule has 1 aliphatic rings. The number of nitrogens with one attached hydrogen (secondary N) is 1. The number of amides is 2.